The SMILES string of the molecule is COc1cc2c(cc1OC)C(c1c[nH]c3ccccc13)Nn1c(nc3ccccc3c1=O)C2. The van der Waals surface area contributed by atoms with Crippen molar-refractivity contribution in [3.8, 4) is 11.5 Å². The van der Waals surface area contributed by atoms with Crippen LogP contribution in [0.5, 0.6) is 11.5 Å². The molecule has 1 unspecified atom stereocenters. The summed E-state index contributed by atoms with van der Waals surface area (Å²) in [6.07, 6.45) is 2.47. The molecule has 0 saturated carbocycles. The van der Waals surface area contributed by atoms with Crippen LogP contribution in [0.3, 0.4) is 0 Å². The Balaban J connectivity index is 1.65. The highest BCUT2D eigenvalue weighted by Crippen LogP contribution is 2.39. The van der Waals surface area contributed by atoms with Crippen LogP contribution in [0.15, 0.2) is 71.7 Å². The predicted octanol–water partition coefficient (Wildman–Crippen LogP) is 4.13. The number of nitrogens with zero attached hydrogens (tertiary/aromatic N) is 2. The highest BCUT2D eigenvalue weighted by atomic mass is 16.5. The van der Waals surface area contributed by atoms with Crippen LogP contribution in [0.25, 0.3) is 21.8 Å². The molecule has 0 fully saturated rings. The second kappa shape index (κ2) is 7.41. The van der Waals surface area contributed by atoms with Crippen molar-refractivity contribution in [2.75, 3.05) is 19.6 Å². The summed E-state index contributed by atoms with van der Waals surface area (Å²) in [4.78, 5) is 21.7. The molecule has 6 rings (SSSR count). The Morgan fingerprint density at radius 1 is 0.939 bits per heavy atom. The highest BCUT2D eigenvalue weighted by Gasteiger charge is 2.28. The molecule has 33 heavy (non-hydrogen) atoms. The minimum absolute atomic E-state index is 0.118. The number of para-hydroxylation sites is 2. The molecule has 1 aliphatic heterocycles. The van der Waals surface area contributed by atoms with Crippen LogP contribution in [0.2, 0.25) is 0 Å². The summed E-state index contributed by atoms with van der Waals surface area (Å²) in [7, 11) is 3.25. The molecule has 7 heteroatoms. The lowest BCUT2D eigenvalue weighted by Crippen LogP contribution is -2.34. The highest BCUT2D eigenvalue weighted by molar-refractivity contribution is 5.84. The second-order valence-electron chi connectivity index (χ2n) is 8.12. The molecule has 0 spiro atoms. The van der Waals surface area contributed by atoms with E-state index in [1.165, 1.54) is 0 Å². The number of rotatable bonds is 3. The van der Waals surface area contributed by atoms with Crippen molar-refractivity contribution >= 4 is 21.8 Å². The summed E-state index contributed by atoms with van der Waals surface area (Å²) in [5, 5.41) is 1.66. The number of methoxy groups -OCH3 is 2. The molecule has 1 atom stereocenters. The molecule has 3 aromatic carbocycles. The van der Waals surface area contributed by atoms with Gasteiger partial charge in [-0.05, 0) is 41.5 Å². The van der Waals surface area contributed by atoms with Crippen molar-refractivity contribution in [1.82, 2.24) is 14.6 Å². The first-order chi connectivity index (χ1) is 16.2. The van der Waals surface area contributed by atoms with Gasteiger partial charge in [0.25, 0.3) is 5.56 Å². The summed E-state index contributed by atoms with van der Waals surface area (Å²) >= 11 is 0. The summed E-state index contributed by atoms with van der Waals surface area (Å²) in [6.45, 7) is 0. The van der Waals surface area contributed by atoms with Crippen LogP contribution in [-0.4, -0.2) is 28.9 Å². The van der Waals surface area contributed by atoms with Crippen molar-refractivity contribution in [3.63, 3.8) is 0 Å². The van der Waals surface area contributed by atoms with Gasteiger partial charge in [-0.2, -0.15) is 0 Å². The molecule has 0 aliphatic carbocycles. The molecule has 0 radical (unpaired) electrons. The lowest BCUT2D eigenvalue weighted by Gasteiger charge is -2.22. The molecule has 0 saturated heterocycles. The zero-order valence-electron chi connectivity index (χ0n) is 18.3. The Morgan fingerprint density at radius 2 is 1.67 bits per heavy atom. The van der Waals surface area contributed by atoms with Gasteiger partial charge in [0.2, 0.25) is 0 Å². The zero-order chi connectivity index (χ0) is 22.5. The number of benzene rings is 3. The molecule has 3 heterocycles. The van der Waals surface area contributed by atoms with Crippen molar-refractivity contribution < 1.29 is 9.47 Å². The van der Waals surface area contributed by atoms with Crippen LogP contribution >= 0.6 is 0 Å². The predicted molar refractivity (Wildman–Crippen MR) is 128 cm³/mol. The van der Waals surface area contributed by atoms with Gasteiger partial charge >= 0.3 is 0 Å². The van der Waals surface area contributed by atoms with Crippen LogP contribution in [0.1, 0.15) is 28.6 Å². The largest absolute Gasteiger partial charge is 0.493 e. The fraction of sp³-hybridized carbons (Fsp3) is 0.154. The number of ether oxygens (including phenoxy) is 2. The Kier molecular flexibility index (Phi) is 4.36. The number of aromatic amines is 1. The average Bonchev–Trinajstić information content (AvgIpc) is 3.21. The van der Waals surface area contributed by atoms with Gasteiger partial charge < -0.3 is 19.9 Å². The fourth-order valence-electron chi connectivity index (χ4n) is 4.73. The Bertz CT molecular complexity index is 1580. The van der Waals surface area contributed by atoms with Gasteiger partial charge in [-0.1, -0.05) is 30.3 Å². The number of H-pyrrole nitrogens is 1. The number of aromatic nitrogens is 3. The fourth-order valence-corrected chi connectivity index (χ4v) is 4.73. The number of fused-ring (bicyclic) bond motifs is 4. The van der Waals surface area contributed by atoms with Gasteiger partial charge in [0, 0.05) is 29.1 Å². The smallest absolute Gasteiger partial charge is 0.279 e. The minimum Gasteiger partial charge on any atom is -0.493 e. The van der Waals surface area contributed by atoms with E-state index in [0.717, 1.165) is 27.6 Å². The summed E-state index contributed by atoms with van der Waals surface area (Å²) in [5.41, 5.74) is 8.14. The van der Waals surface area contributed by atoms with Gasteiger partial charge in [0.15, 0.2) is 11.5 Å². The van der Waals surface area contributed by atoms with E-state index in [1.807, 2.05) is 60.8 Å². The van der Waals surface area contributed by atoms with Gasteiger partial charge in [-0.3, -0.25) is 4.79 Å². The molecule has 1 aliphatic rings. The van der Waals surface area contributed by atoms with Crippen LogP contribution in [0.4, 0.5) is 0 Å². The Hall–Kier alpha value is -4.26. The maximum atomic E-state index is 13.5. The van der Waals surface area contributed by atoms with Gasteiger partial charge in [-0.25, -0.2) is 9.66 Å². The van der Waals surface area contributed by atoms with E-state index in [-0.39, 0.29) is 11.6 Å². The number of hydrogen-bond donors (Lipinski definition) is 2. The third-order valence-electron chi connectivity index (χ3n) is 6.34. The van der Waals surface area contributed by atoms with Crippen molar-refractivity contribution in [2.24, 2.45) is 0 Å². The minimum atomic E-state index is -0.308. The molecule has 2 N–H and O–H groups in total. The molecule has 0 amide bonds. The van der Waals surface area contributed by atoms with Crippen molar-refractivity contribution in [2.45, 2.75) is 12.5 Å². The van der Waals surface area contributed by atoms with Crippen LogP contribution in [-0.2, 0) is 6.42 Å². The van der Waals surface area contributed by atoms with E-state index in [1.54, 1.807) is 18.9 Å². The van der Waals surface area contributed by atoms with E-state index < -0.39 is 0 Å². The zero-order valence-corrected chi connectivity index (χ0v) is 18.3. The van der Waals surface area contributed by atoms with Gasteiger partial charge in [0.05, 0.1) is 31.2 Å². The molecular formula is C26H22N4O3. The first kappa shape index (κ1) is 19.4. The Labute approximate surface area is 189 Å². The summed E-state index contributed by atoms with van der Waals surface area (Å²) < 4.78 is 12.8. The summed E-state index contributed by atoms with van der Waals surface area (Å²) in [5.74, 6) is 1.93. The molecule has 5 aromatic rings. The molecule has 0 bridgehead atoms. The lowest BCUT2D eigenvalue weighted by atomic mass is 9.93. The quantitative estimate of drug-likeness (QED) is 0.443. The van der Waals surface area contributed by atoms with E-state index in [0.29, 0.717) is 34.6 Å². The summed E-state index contributed by atoms with van der Waals surface area (Å²) in [6, 6.07) is 19.2. The Morgan fingerprint density at radius 3 is 2.48 bits per heavy atom. The third-order valence-corrected chi connectivity index (χ3v) is 6.34. The van der Waals surface area contributed by atoms with Crippen molar-refractivity contribution in [3.05, 3.63) is 99.7 Å². The molecule has 7 nitrogen and oxygen atoms in total. The first-order valence-corrected chi connectivity index (χ1v) is 10.8. The maximum absolute atomic E-state index is 13.5. The molecule has 2 aromatic heterocycles. The molecule has 164 valence electrons. The van der Waals surface area contributed by atoms with Gasteiger partial charge in [0.1, 0.15) is 5.82 Å². The molecular weight excluding hydrogens is 416 g/mol. The lowest BCUT2D eigenvalue weighted by molar-refractivity contribution is 0.354. The maximum Gasteiger partial charge on any atom is 0.279 e. The van der Waals surface area contributed by atoms with Crippen LogP contribution < -0.4 is 20.5 Å². The first-order valence-electron chi connectivity index (χ1n) is 10.8. The van der Waals surface area contributed by atoms with E-state index in [4.69, 9.17) is 14.5 Å². The normalized spacial score (nSPS) is 14.9. The number of hydrogen-bond acceptors (Lipinski definition) is 5. The third kappa shape index (κ3) is 2.96. The van der Waals surface area contributed by atoms with Crippen LogP contribution in [0, 0.1) is 0 Å². The van der Waals surface area contributed by atoms with E-state index >= 15 is 0 Å². The second-order valence-corrected chi connectivity index (χ2v) is 8.12. The topological polar surface area (TPSA) is 81.2 Å². The average molecular weight is 438 g/mol. The van der Waals surface area contributed by atoms with E-state index in [2.05, 4.69) is 16.5 Å². The monoisotopic (exact) mass is 438 g/mol. The standard InChI is InChI=1S/C26H22N4O3/c1-32-22-11-15-12-24-28-21-10-6-4-8-17(21)26(31)30(24)29-25(18(15)13-23(22)33-2)19-14-27-20-9-5-3-7-16(19)20/h3-11,13-14,25,27,29H,12H2,1-2H3. The van der Waals surface area contributed by atoms with Crippen molar-refractivity contribution in [1.29, 1.82) is 0 Å². The van der Waals surface area contributed by atoms with Gasteiger partial charge in [-0.15, -0.1) is 0 Å². The number of nitrogens with one attached hydrogen (secondary N) is 2. The van der Waals surface area contributed by atoms with E-state index in [9.17, 15) is 4.79 Å².